The number of H-pyrrole nitrogens is 1. The molecule has 0 radical (unpaired) electrons. The summed E-state index contributed by atoms with van der Waals surface area (Å²) < 4.78 is 3.99. The molecule has 0 saturated heterocycles. The first kappa shape index (κ1) is 13.6. The Balaban J connectivity index is 2.19. The normalized spacial score (nSPS) is 11.1. The molecular formula is C14H17BrN2S. The molecular weight excluding hydrogens is 308 g/mol. The fraction of sp³-hybridized carbons (Fsp3) is 0.357. The molecule has 0 atom stereocenters. The van der Waals surface area contributed by atoms with Crippen LogP contribution in [0.1, 0.15) is 25.1 Å². The summed E-state index contributed by atoms with van der Waals surface area (Å²) in [5.41, 5.74) is 2.45. The first-order valence-corrected chi connectivity index (χ1v) is 7.28. The van der Waals surface area contributed by atoms with E-state index >= 15 is 0 Å². The van der Waals surface area contributed by atoms with Crippen LogP contribution in [0, 0.1) is 10.6 Å². The lowest BCUT2D eigenvalue weighted by Gasteiger charge is -2.05. The van der Waals surface area contributed by atoms with Gasteiger partial charge in [0, 0.05) is 10.2 Å². The first-order chi connectivity index (χ1) is 8.54. The van der Waals surface area contributed by atoms with Gasteiger partial charge in [-0.3, -0.25) is 4.68 Å². The minimum absolute atomic E-state index is 0.636. The molecule has 0 amide bonds. The lowest BCUT2D eigenvalue weighted by Crippen LogP contribution is -2.03. The molecule has 0 fully saturated rings. The molecule has 0 spiro atoms. The van der Waals surface area contributed by atoms with E-state index in [1.807, 2.05) is 16.8 Å². The third-order valence-electron chi connectivity index (χ3n) is 2.70. The van der Waals surface area contributed by atoms with Gasteiger partial charge in [0.2, 0.25) is 0 Å². The van der Waals surface area contributed by atoms with Gasteiger partial charge >= 0.3 is 0 Å². The Morgan fingerprint density at radius 3 is 2.78 bits per heavy atom. The number of nitrogens with one attached hydrogen (secondary N) is 1. The second-order valence-electron chi connectivity index (χ2n) is 4.93. The van der Waals surface area contributed by atoms with E-state index in [4.69, 9.17) is 12.2 Å². The minimum Gasteiger partial charge on any atom is -0.301 e. The van der Waals surface area contributed by atoms with Crippen molar-refractivity contribution in [1.82, 2.24) is 9.78 Å². The fourth-order valence-corrected chi connectivity index (χ4v) is 2.67. The van der Waals surface area contributed by atoms with E-state index in [2.05, 4.69) is 53.1 Å². The van der Waals surface area contributed by atoms with Gasteiger partial charge in [-0.25, -0.2) is 0 Å². The third-order valence-corrected chi connectivity index (χ3v) is 3.53. The standard InChI is InChI=1S/C14H17BrN2S/c1-10(2)6-13-8-14(18)17(16-13)9-11-4-3-5-12(15)7-11/h3-5,7-8,10,16H,6,9H2,1-2H3. The Morgan fingerprint density at radius 1 is 1.33 bits per heavy atom. The van der Waals surface area contributed by atoms with Crippen LogP contribution >= 0.6 is 28.1 Å². The Kier molecular flexibility index (Phi) is 4.40. The highest BCUT2D eigenvalue weighted by Gasteiger charge is 2.04. The second kappa shape index (κ2) is 5.85. The number of aromatic amines is 1. The zero-order valence-electron chi connectivity index (χ0n) is 10.6. The van der Waals surface area contributed by atoms with Crippen LogP contribution in [0.15, 0.2) is 34.8 Å². The van der Waals surface area contributed by atoms with E-state index in [1.54, 1.807) is 0 Å². The molecule has 2 rings (SSSR count). The quantitative estimate of drug-likeness (QED) is 0.818. The van der Waals surface area contributed by atoms with E-state index in [1.165, 1.54) is 11.3 Å². The van der Waals surface area contributed by atoms with Crippen LogP contribution in [0.5, 0.6) is 0 Å². The van der Waals surface area contributed by atoms with Gasteiger partial charge < -0.3 is 5.10 Å². The van der Waals surface area contributed by atoms with E-state index in [-0.39, 0.29) is 0 Å². The van der Waals surface area contributed by atoms with Crippen molar-refractivity contribution >= 4 is 28.1 Å². The summed E-state index contributed by atoms with van der Waals surface area (Å²) in [5, 5.41) is 3.38. The summed E-state index contributed by atoms with van der Waals surface area (Å²) in [7, 11) is 0. The predicted molar refractivity (Wildman–Crippen MR) is 81.4 cm³/mol. The SMILES string of the molecule is CC(C)Cc1cc(=S)n(Cc2cccc(Br)c2)[nH]1. The van der Waals surface area contributed by atoms with Crippen LogP contribution < -0.4 is 0 Å². The van der Waals surface area contributed by atoms with Crippen molar-refractivity contribution < 1.29 is 0 Å². The smallest absolute Gasteiger partial charge is 0.122 e. The topological polar surface area (TPSA) is 20.7 Å². The Hall–Kier alpha value is -0.870. The number of aromatic nitrogens is 2. The van der Waals surface area contributed by atoms with Crippen molar-refractivity contribution in [3.63, 3.8) is 0 Å². The van der Waals surface area contributed by atoms with Crippen LogP contribution in [-0.2, 0) is 13.0 Å². The summed E-state index contributed by atoms with van der Waals surface area (Å²) in [6.45, 7) is 5.21. The molecule has 0 aliphatic heterocycles. The van der Waals surface area contributed by atoms with Gasteiger partial charge in [-0.15, -0.1) is 0 Å². The zero-order chi connectivity index (χ0) is 13.1. The van der Waals surface area contributed by atoms with Gasteiger partial charge in [0.25, 0.3) is 0 Å². The minimum atomic E-state index is 0.636. The summed E-state index contributed by atoms with van der Waals surface area (Å²) in [4.78, 5) is 0. The molecule has 18 heavy (non-hydrogen) atoms. The Bertz CT molecular complexity index is 583. The van der Waals surface area contributed by atoms with Crippen LogP contribution in [0.3, 0.4) is 0 Å². The number of hydrogen-bond donors (Lipinski definition) is 1. The molecule has 1 aromatic carbocycles. The molecule has 1 heterocycles. The molecule has 0 bridgehead atoms. The van der Waals surface area contributed by atoms with E-state index < -0.39 is 0 Å². The summed E-state index contributed by atoms with van der Waals surface area (Å²) in [6, 6.07) is 10.4. The van der Waals surface area contributed by atoms with Gasteiger partial charge in [-0.05, 0) is 36.1 Å². The van der Waals surface area contributed by atoms with Gasteiger partial charge in [-0.1, -0.05) is 54.1 Å². The van der Waals surface area contributed by atoms with E-state index in [0.29, 0.717) is 5.92 Å². The number of benzene rings is 1. The number of halogens is 1. The third kappa shape index (κ3) is 3.56. The number of hydrogen-bond acceptors (Lipinski definition) is 1. The Morgan fingerprint density at radius 2 is 2.11 bits per heavy atom. The average Bonchev–Trinajstić information content (AvgIpc) is 2.58. The summed E-state index contributed by atoms with van der Waals surface area (Å²) in [6.07, 6.45) is 1.04. The highest BCUT2D eigenvalue weighted by Crippen LogP contribution is 2.14. The maximum absolute atomic E-state index is 5.38. The largest absolute Gasteiger partial charge is 0.301 e. The maximum Gasteiger partial charge on any atom is 0.122 e. The van der Waals surface area contributed by atoms with Crippen LogP contribution in [0.25, 0.3) is 0 Å². The molecule has 0 aliphatic rings. The van der Waals surface area contributed by atoms with Crippen molar-refractivity contribution in [2.24, 2.45) is 5.92 Å². The van der Waals surface area contributed by atoms with Crippen LogP contribution in [-0.4, -0.2) is 9.78 Å². The maximum atomic E-state index is 5.38. The monoisotopic (exact) mass is 324 g/mol. The predicted octanol–water partition coefficient (Wildman–Crippen LogP) is 4.55. The molecule has 96 valence electrons. The average molecular weight is 325 g/mol. The Labute approximate surface area is 121 Å². The zero-order valence-corrected chi connectivity index (χ0v) is 13.0. The van der Waals surface area contributed by atoms with Crippen molar-refractivity contribution in [3.05, 3.63) is 50.7 Å². The summed E-state index contributed by atoms with van der Waals surface area (Å²) >= 11 is 8.86. The molecule has 2 aromatic rings. The van der Waals surface area contributed by atoms with Gasteiger partial charge in [0.05, 0.1) is 6.54 Å². The fourth-order valence-electron chi connectivity index (χ4n) is 1.97. The van der Waals surface area contributed by atoms with E-state index in [0.717, 1.165) is 22.1 Å². The highest BCUT2D eigenvalue weighted by molar-refractivity contribution is 9.10. The molecule has 1 aromatic heterocycles. The summed E-state index contributed by atoms with van der Waals surface area (Å²) in [5.74, 6) is 0.636. The van der Waals surface area contributed by atoms with Crippen LogP contribution in [0.2, 0.25) is 0 Å². The number of rotatable bonds is 4. The van der Waals surface area contributed by atoms with Crippen molar-refractivity contribution in [3.8, 4) is 0 Å². The molecule has 0 aliphatic carbocycles. The second-order valence-corrected chi connectivity index (χ2v) is 6.27. The molecule has 2 nitrogen and oxygen atoms in total. The van der Waals surface area contributed by atoms with Crippen molar-refractivity contribution in [2.75, 3.05) is 0 Å². The van der Waals surface area contributed by atoms with Gasteiger partial charge in [0.15, 0.2) is 0 Å². The number of nitrogens with zero attached hydrogens (tertiary/aromatic N) is 1. The van der Waals surface area contributed by atoms with Crippen molar-refractivity contribution in [2.45, 2.75) is 26.8 Å². The lowest BCUT2D eigenvalue weighted by molar-refractivity contribution is 0.606. The van der Waals surface area contributed by atoms with Gasteiger partial charge in [0.1, 0.15) is 4.64 Å². The molecule has 4 heteroatoms. The first-order valence-electron chi connectivity index (χ1n) is 6.08. The molecule has 0 unspecified atom stereocenters. The highest BCUT2D eigenvalue weighted by atomic mass is 79.9. The molecule has 1 N–H and O–H groups in total. The van der Waals surface area contributed by atoms with Crippen LogP contribution in [0.4, 0.5) is 0 Å². The van der Waals surface area contributed by atoms with E-state index in [9.17, 15) is 0 Å². The molecule has 0 saturated carbocycles. The van der Waals surface area contributed by atoms with Gasteiger partial charge in [-0.2, -0.15) is 0 Å². The lowest BCUT2D eigenvalue weighted by atomic mass is 10.1. The van der Waals surface area contributed by atoms with Crippen molar-refractivity contribution in [1.29, 1.82) is 0 Å².